The van der Waals surface area contributed by atoms with Crippen molar-refractivity contribution in [3.8, 4) is 5.75 Å². The zero-order valence-corrected chi connectivity index (χ0v) is 12.9. The van der Waals surface area contributed by atoms with Crippen molar-refractivity contribution in [2.24, 2.45) is 5.92 Å². The molecule has 0 N–H and O–H groups in total. The van der Waals surface area contributed by atoms with Gasteiger partial charge < -0.3 is 9.47 Å². The fourth-order valence-corrected chi connectivity index (χ4v) is 2.30. The first-order valence-corrected chi connectivity index (χ1v) is 8.37. The molecule has 0 unspecified atom stereocenters. The maximum absolute atomic E-state index is 11.2. The van der Waals surface area contributed by atoms with Crippen molar-refractivity contribution in [2.75, 3.05) is 19.8 Å². The molecule has 0 atom stereocenters. The smallest absolute Gasteiger partial charge is 0.261 e. The van der Waals surface area contributed by atoms with Gasteiger partial charge >= 0.3 is 0 Å². The Bertz CT molecular complexity index is 511. The van der Waals surface area contributed by atoms with Gasteiger partial charge in [-0.1, -0.05) is 13.8 Å². The second-order valence-corrected chi connectivity index (χ2v) is 7.25. The van der Waals surface area contributed by atoms with Crippen molar-refractivity contribution in [2.45, 2.75) is 25.7 Å². The summed E-state index contributed by atoms with van der Waals surface area (Å²) < 4.78 is 33.2. The Labute approximate surface area is 119 Å². The van der Waals surface area contributed by atoms with Crippen LogP contribution in [0.2, 0.25) is 0 Å². The van der Waals surface area contributed by atoms with Crippen LogP contribution in [-0.4, -0.2) is 28.2 Å². The molecule has 6 heteroatoms. The van der Waals surface area contributed by atoms with Crippen LogP contribution in [0, 0.1) is 12.8 Å². The van der Waals surface area contributed by atoms with Crippen molar-refractivity contribution in [1.82, 2.24) is 0 Å². The van der Waals surface area contributed by atoms with Crippen LogP contribution >= 0.6 is 10.7 Å². The van der Waals surface area contributed by atoms with Crippen LogP contribution in [0.15, 0.2) is 23.1 Å². The summed E-state index contributed by atoms with van der Waals surface area (Å²) >= 11 is 0. The molecule has 0 fully saturated rings. The lowest BCUT2D eigenvalue weighted by Gasteiger charge is -2.11. The normalized spacial score (nSPS) is 11.8. The number of hydrogen-bond acceptors (Lipinski definition) is 4. The molecule has 19 heavy (non-hydrogen) atoms. The lowest BCUT2D eigenvalue weighted by molar-refractivity contribution is 0.0817. The molecule has 0 aliphatic rings. The van der Waals surface area contributed by atoms with E-state index in [0.717, 1.165) is 5.56 Å². The number of halogens is 1. The predicted octanol–water partition coefficient (Wildman–Crippen LogP) is 2.97. The van der Waals surface area contributed by atoms with E-state index in [4.69, 9.17) is 20.2 Å². The summed E-state index contributed by atoms with van der Waals surface area (Å²) in [7, 11) is 1.58. The first kappa shape index (κ1) is 16.3. The lowest BCUT2D eigenvalue weighted by atomic mass is 10.2. The first-order valence-electron chi connectivity index (χ1n) is 6.06. The Morgan fingerprint density at radius 1 is 1.26 bits per heavy atom. The van der Waals surface area contributed by atoms with Crippen LogP contribution in [0.5, 0.6) is 5.75 Å². The van der Waals surface area contributed by atoms with E-state index < -0.39 is 9.05 Å². The van der Waals surface area contributed by atoms with Gasteiger partial charge in [-0.25, -0.2) is 8.42 Å². The van der Waals surface area contributed by atoms with E-state index in [2.05, 4.69) is 13.8 Å². The number of benzene rings is 1. The van der Waals surface area contributed by atoms with Crippen LogP contribution in [0.25, 0.3) is 0 Å². The Balaban J connectivity index is 2.52. The van der Waals surface area contributed by atoms with Crippen molar-refractivity contribution >= 4 is 19.7 Å². The molecule has 1 aromatic rings. The molecule has 0 aromatic heterocycles. The monoisotopic (exact) mass is 306 g/mol. The highest BCUT2D eigenvalue weighted by Crippen LogP contribution is 2.23. The van der Waals surface area contributed by atoms with E-state index >= 15 is 0 Å². The van der Waals surface area contributed by atoms with E-state index in [1.54, 1.807) is 13.0 Å². The second-order valence-electron chi connectivity index (χ2n) is 4.68. The van der Waals surface area contributed by atoms with Gasteiger partial charge in [-0.3, -0.25) is 0 Å². The van der Waals surface area contributed by atoms with Gasteiger partial charge in [0.1, 0.15) is 12.4 Å². The molecule has 0 heterocycles. The number of hydrogen-bond donors (Lipinski definition) is 0. The largest absolute Gasteiger partial charge is 0.491 e. The molecule has 0 radical (unpaired) electrons. The minimum Gasteiger partial charge on any atom is -0.491 e. The number of ether oxygens (including phenoxy) is 2. The minimum absolute atomic E-state index is 0.0788. The van der Waals surface area contributed by atoms with Crippen LogP contribution in [0.3, 0.4) is 0 Å². The molecular formula is C13H19ClO4S. The Kier molecular flexibility index (Phi) is 6.10. The van der Waals surface area contributed by atoms with Gasteiger partial charge in [0.05, 0.1) is 11.5 Å². The molecule has 1 rings (SSSR count). The predicted molar refractivity (Wildman–Crippen MR) is 75.4 cm³/mol. The SMILES string of the molecule is Cc1cc(S(=O)(=O)Cl)ccc1OCCOCC(C)C. The van der Waals surface area contributed by atoms with Gasteiger partial charge in [0.25, 0.3) is 9.05 Å². The fourth-order valence-electron chi connectivity index (χ4n) is 1.47. The third-order valence-electron chi connectivity index (χ3n) is 2.36. The van der Waals surface area contributed by atoms with Crippen LogP contribution in [0.4, 0.5) is 0 Å². The van der Waals surface area contributed by atoms with Crippen molar-refractivity contribution < 1.29 is 17.9 Å². The summed E-state index contributed by atoms with van der Waals surface area (Å²) in [5, 5.41) is 0. The second kappa shape index (κ2) is 7.12. The third-order valence-corrected chi connectivity index (χ3v) is 3.72. The summed E-state index contributed by atoms with van der Waals surface area (Å²) in [6, 6.07) is 4.53. The van der Waals surface area contributed by atoms with E-state index in [1.165, 1.54) is 12.1 Å². The van der Waals surface area contributed by atoms with Crippen LogP contribution < -0.4 is 4.74 Å². The molecule has 0 spiro atoms. The van der Waals surface area contributed by atoms with Gasteiger partial charge in [0, 0.05) is 17.3 Å². The molecule has 1 aromatic carbocycles. The van der Waals surface area contributed by atoms with E-state index in [1.807, 2.05) is 0 Å². The third kappa shape index (κ3) is 5.80. The summed E-state index contributed by atoms with van der Waals surface area (Å²) in [4.78, 5) is 0.0788. The number of aryl methyl sites for hydroxylation is 1. The number of rotatable bonds is 7. The molecule has 108 valence electrons. The fraction of sp³-hybridized carbons (Fsp3) is 0.538. The molecule has 0 aliphatic heterocycles. The summed E-state index contributed by atoms with van der Waals surface area (Å²) in [6.07, 6.45) is 0. The molecule has 0 saturated carbocycles. The highest BCUT2D eigenvalue weighted by molar-refractivity contribution is 8.13. The maximum Gasteiger partial charge on any atom is 0.261 e. The Morgan fingerprint density at radius 2 is 1.95 bits per heavy atom. The van der Waals surface area contributed by atoms with Crippen LogP contribution in [0.1, 0.15) is 19.4 Å². The summed E-state index contributed by atoms with van der Waals surface area (Å²) in [5.41, 5.74) is 0.727. The highest BCUT2D eigenvalue weighted by atomic mass is 35.7. The average Bonchev–Trinajstić information content (AvgIpc) is 2.28. The van der Waals surface area contributed by atoms with Gasteiger partial charge in [0.2, 0.25) is 0 Å². The lowest BCUT2D eigenvalue weighted by Crippen LogP contribution is -2.10. The topological polar surface area (TPSA) is 52.6 Å². The molecule has 0 amide bonds. The minimum atomic E-state index is -3.69. The van der Waals surface area contributed by atoms with Crippen molar-refractivity contribution in [3.05, 3.63) is 23.8 Å². The zero-order valence-electron chi connectivity index (χ0n) is 11.3. The van der Waals surface area contributed by atoms with Gasteiger partial charge in [0.15, 0.2) is 0 Å². The standard InChI is InChI=1S/C13H19ClO4S/c1-10(2)9-17-6-7-18-13-5-4-12(8-11(13)3)19(14,15)16/h4-5,8,10H,6-7,9H2,1-3H3. The Morgan fingerprint density at radius 3 is 2.47 bits per heavy atom. The zero-order chi connectivity index (χ0) is 14.5. The summed E-state index contributed by atoms with van der Waals surface area (Å²) in [6.45, 7) is 7.57. The first-order chi connectivity index (χ1) is 8.80. The molecular weight excluding hydrogens is 288 g/mol. The summed E-state index contributed by atoms with van der Waals surface area (Å²) in [5.74, 6) is 1.13. The average molecular weight is 307 g/mol. The van der Waals surface area contributed by atoms with E-state index in [9.17, 15) is 8.42 Å². The van der Waals surface area contributed by atoms with Gasteiger partial charge in [-0.2, -0.15) is 0 Å². The van der Waals surface area contributed by atoms with Crippen LogP contribution in [-0.2, 0) is 13.8 Å². The van der Waals surface area contributed by atoms with Crippen molar-refractivity contribution in [3.63, 3.8) is 0 Å². The molecule has 0 aliphatic carbocycles. The highest BCUT2D eigenvalue weighted by Gasteiger charge is 2.11. The Hall–Kier alpha value is -0.780. The molecule has 0 bridgehead atoms. The molecule has 0 saturated heterocycles. The van der Waals surface area contributed by atoms with Crippen molar-refractivity contribution in [1.29, 1.82) is 0 Å². The van der Waals surface area contributed by atoms with Gasteiger partial charge in [-0.05, 0) is 36.6 Å². The maximum atomic E-state index is 11.2. The van der Waals surface area contributed by atoms with Gasteiger partial charge in [-0.15, -0.1) is 0 Å². The quantitative estimate of drug-likeness (QED) is 0.574. The van der Waals surface area contributed by atoms with E-state index in [-0.39, 0.29) is 4.90 Å². The van der Waals surface area contributed by atoms with E-state index in [0.29, 0.717) is 31.5 Å². The molecule has 4 nitrogen and oxygen atoms in total.